The van der Waals surface area contributed by atoms with Crippen LogP contribution in [-0.2, 0) is 26.2 Å². The second-order valence-corrected chi connectivity index (χ2v) is 10.9. The molecule has 1 atom stereocenters. The largest absolute Gasteiger partial charge is 0.357 e. The molecule has 7 nitrogen and oxygen atoms in total. The van der Waals surface area contributed by atoms with Gasteiger partial charge in [-0.1, -0.05) is 71.2 Å². The maximum Gasteiger partial charge on any atom is 0.264 e. The summed E-state index contributed by atoms with van der Waals surface area (Å²) in [5.41, 5.74) is 1.95. The van der Waals surface area contributed by atoms with E-state index in [4.69, 9.17) is 23.2 Å². The first kappa shape index (κ1) is 27.5. The molecule has 0 bridgehead atoms. The summed E-state index contributed by atoms with van der Waals surface area (Å²) in [6, 6.07) is 18.8. The van der Waals surface area contributed by atoms with E-state index in [2.05, 4.69) is 5.32 Å². The molecule has 0 saturated heterocycles. The van der Waals surface area contributed by atoms with E-state index in [-0.39, 0.29) is 28.1 Å². The molecule has 36 heavy (non-hydrogen) atoms. The molecule has 1 N–H and O–H groups in total. The quantitative estimate of drug-likeness (QED) is 0.422. The van der Waals surface area contributed by atoms with Crippen molar-refractivity contribution < 1.29 is 18.0 Å². The highest BCUT2D eigenvalue weighted by Crippen LogP contribution is 2.33. The van der Waals surface area contributed by atoms with Crippen molar-refractivity contribution >= 4 is 50.7 Å². The molecule has 3 aromatic carbocycles. The van der Waals surface area contributed by atoms with E-state index >= 15 is 0 Å². The van der Waals surface area contributed by atoms with E-state index < -0.39 is 28.5 Å². The standard InChI is InChI=1S/C26H27Cl2N3O4S/c1-18-9-11-20(12-10-18)16-30(19(2)26(33)29-3)25(32)17-31(24-14-13-21(27)15-23(24)28)36(34,35)22-7-5-4-6-8-22/h4-15,19H,16-17H2,1-3H3,(H,29,33)/t19-/m1/s1. The Morgan fingerprint density at radius 3 is 2.19 bits per heavy atom. The predicted molar refractivity (Wildman–Crippen MR) is 143 cm³/mol. The average molecular weight is 548 g/mol. The zero-order valence-corrected chi connectivity index (χ0v) is 22.4. The van der Waals surface area contributed by atoms with Gasteiger partial charge in [-0.3, -0.25) is 13.9 Å². The van der Waals surface area contributed by atoms with Crippen LogP contribution >= 0.6 is 23.2 Å². The Bertz CT molecular complexity index is 1330. The molecule has 0 aliphatic rings. The third-order valence-corrected chi connectivity index (χ3v) is 7.99. The summed E-state index contributed by atoms with van der Waals surface area (Å²) in [5.74, 6) is -0.949. The third kappa shape index (κ3) is 6.37. The molecule has 0 aliphatic carbocycles. The Hall–Kier alpha value is -3.07. The zero-order chi connectivity index (χ0) is 26.5. The Balaban J connectivity index is 2.05. The van der Waals surface area contributed by atoms with Crippen molar-refractivity contribution in [2.75, 3.05) is 17.9 Å². The van der Waals surface area contributed by atoms with Crippen LogP contribution in [0.3, 0.4) is 0 Å². The van der Waals surface area contributed by atoms with Crippen molar-refractivity contribution in [1.82, 2.24) is 10.2 Å². The van der Waals surface area contributed by atoms with Crippen molar-refractivity contribution in [2.45, 2.75) is 31.3 Å². The minimum atomic E-state index is -4.19. The van der Waals surface area contributed by atoms with Crippen LogP contribution in [0.25, 0.3) is 0 Å². The molecule has 0 fully saturated rings. The van der Waals surface area contributed by atoms with E-state index in [9.17, 15) is 18.0 Å². The highest BCUT2D eigenvalue weighted by molar-refractivity contribution is 7.92. The van der Waals surface area contributed by atoms with Crippen LogP contribution in [0.1, 0.15) is 18.1 Å². The molecular weight excluding hydrogens is 521 g/mol. The topological polar surface area (TPSA) is 86.8 Å². The van der Waals surface area contributed by atoms with Crippen molar-refractivity contribution in [3.05, 3.63) is 94.0 Å². The van der Waals surface area contributed by atoms with Gasteiger partial charge in [0.25, 0.3) is 10.0 Å². The number of nitrogens with zero attached hydrogens (tertiary/aromatic N) is 2. The molecule has 0 heterocycles. The van der Waals surface area contributed by atoms with Gasteiger partial charge < -0.3 is 10.2 Å². The van der Waals surface area contributed by atoms with E-state index in [1.165, 1.54) is 42.3 Å². The minimum Gasteiger partial charge on any atom is -0.357 e. The number of hydrogen-bond donors (Lipinski definition) is 1. The van der Waals surface area contributed by atoms with Crippen LogP contribution in [0.5, 0.6) is 0 Å². The van der Waals surface area contributed by atoms with Gasteiger partial charge in [0.15, 0.2) is 0 Å². The lowest BCUT2D eigenvalue weighted by Gasteiger charge is -2.32. The van der Waals surface area contributed by atoms with Crippen LogP contribution in [-0.4, -0.2) is 44.8 Å². The summed E-state index contributed by atoms with van der Waals surface area (Å²) in [7, 11) is -2.71. The Morgan fingerprint density at radius 1 is 0.972 bits per heavy atom. The second-order valence-electron chi connectivity index (χ2n) is 8.22. The Labute approximate surface area is 221 Å². The number of amides is 2. The number of sulfonamides is 1. The van der Waals surface area contributed by atoms with E-state index in [0.29, 0.717) is 5.02 Å². The third-order valence-electron chi connectivity index (χ3n) is 5.68. The number of anilines is 1. The van der Waals surface area contributed by atoms with E-state index in [1.807, 2.05) is 31.2 Å². The first-order valence-corrected chi connectivity index (χ1v) is 13.3. The predicted octanol–water partition coefficient (Wildman–Crippen LogP) is 4.66. The van der Waals surface area contributed by atoms with Gasteiger partial charge in [0.1, 0.15) is 12.6 Å². The molecule has 0 aromatic heterocycles. The first-order chi connectivity index (χ1) is 17.0. The fourth-order valence-corrected chi connectivity index (χ4v) is 5.61. The van der Waals surface area contributed by atoms with Gasteiger partial charge >= 0.3 is 0 Å². The van der Waals surface area contributed by atoms with Crippen molar-refractivity contribution in [1.29, 1.82) is 0 Å². The number of hydrogen-bond acceptors (Lipinski definition) is 4. The van der Waals surface area contributed by atoms with Crippen molar-refractivity contribution in [3.63, 3.8) is 0 Å². The number of benzene rings is 3. The number of rotatable bonds is 9. The molecule has 2 amide bonds. The van der Waals surface area contributed by atoms with Crippen LogP contribution in [0.4, 0.5) is 5.69 Å². The SMILES string of the molecule is CNC(=O)[C@@H](C)N(Cc1ccc(C)cc1)C(=O)CN(c1ccc(Cl)cc1Cl)S(=O)(=O)c1ccccc1. The van der Waals surface area contributed by atoms with Gasteiger partial charge in [-0.2, -0.15) is 0 Å². The summed E-state index contributed by atoms with van der Waals surface area (Å²) < 4.78 is 28.3. The summed E-state index contributed by atoms with van der Waals surface area (Å²) in [6.45, 7) is 3.07. The molecule has 3 rings (SSSR count). The number of carbonyl (C=O) groups excluding carboxylic acids is 2. The lowest BCUT2D eigenvalue weighted by molar-refractivity contribution is -0.139. The number of carbonyl (C=O) groups is 2. The second kappa shape index (κ2) is 11.8. The van der Waals surface area contributed by atoms with E-state index in [0.717, 1.165) is 15.4 Å². The van der Waals surface area contributed by atoms with Gasteiger partial charge in [-0.05, 0) is 49.7 Å². The molecule has 3 aromatic rings. The highest BCUT2D eigenvalue weighted by Gasteiger charge is 2.33. The normalized spacial score (nSPS) is 12.0. The maximum atomic E-state index is 13.7. The van der Waals surface area contributed by atoms with Gasteiger partial charge in [-0.25, -0.2) is 8.42 Å². The van der Waals surface area contributed by atoms with Crippen molar-refractivity contribution in [2.24, 2.45) is 0 Å². The van der Waals surface area contributed by atoms with Crippen LogP contribution in [0, 0.1) is 6.92 Å². The summed E-state index contributed by atoms with van der Waals surface area (Å²) in [4.78, 5) is 27.5. The van der Waals surface area contributed by atoms with Gasteiger partial charge in [-0.15, -0.1) is 0 Å². The lowest BCUT2D eigenvalue weighted by atomic mass is 10.1. The molecule has 0 saturated carbocycles. The summed E-state index contributed by atoms with van der Waals surface area (Å²) >= 11 is 12.4. The van der Waals surface area contributed by atoms with E-state index in [1.54, 1.807) is 25.1 Å². The fourth-order valence-electron chi connectivity index (χ4n) is 3.60. The van der Waals surface area contributed by atoms with Gasteiger partial charge in [0, 0.05) is 18.6 Å². The molecule has 0 aliphatic heterocycles. The zero-order valence-electron chi connectivity index (χ0n) is 20.1. The molecule has 10 heteroatoms. The first-order valence-electron chi connectivity index (χ1n) is 11.1. The molecule has 190 valence electrons. The average Bonchev–Trinajstić information content (AvgIpc) is 2.86. The number of likely N-dealkylation sites (N-methyl/N-ethyl adjacent to an activating group) is 1. The van der Waals surface area contributed by atoms with Crippen LogP contribution in [0.15, 0.2) is 77.7 Å². The number of halogens is 2. The summed E-state index contributed by atoms with van der Waals surface area (Å²) in [5, 5.41) is 2.94. The Kier molecular flexibility index (Phi) is 9.00. The van der Waals surface area contributed by atoms with Gasteiger partial charge in [0.2, 0.25) is 11.8 Å². The Morgan fingerprint density at radius 2 is 1.61 bits per heavy atom. The lowest BCUT2D eigenvalue weighted by Crippen LogP contribution is -2.50. The smallest absolute Gasteiger partial charge is 0.264 e. The fraction of sp³-hybridized carbons (Fsp3) is 0.231. The number of nitrogens with one attached hydrogen (secondary N) is 1. The van der Waals surface area contributed by atoms with Gasteiger partial charge in [0.05, 0.1) is 15.6 Å². The molecular formula is C26H27Cl2N3O4S. The number of aryl methyl sites for hydroxylation is 1. The van der Waals surface area contributed by atoms with Crippen LogP contribution in [0.2, 0.25) is 10.0 Å². The summed E-state index contributed by atoms with van der Waals surface area (Å²) in [6.07, 6.45) is 0. The monoisotopic (exact) mass is 547 g/mol. The molecule has 0 unspecified atom stereocenters. The van der Waals surface area contributed by atoms with Crippen LogP contribution < -0.4 is 9.62 Å². The minimum absolute atomic E-state index is 0.00625. The maximum absolute atomic E-state index is 13.7. The van der Waals surface area contributed by atoms with Crippen molar-refractivity contribution in [3.8, 4) is 0 Å². The molecule has 0 radical (unpaired) electrons. The molecule has 0 spiro atoms. The highest BCUT2D eigenvalue weighted by atomic mass is 35.5.